The third-order valence-corrected chi connectivity index (χ3v) is 5.71. The Morgan fingerprint density at radius 2 is 2.19 bits per heavy atom. The Morgan fingerprint density at radius 1 is 1.50 bits per heavy atom. The van der Waals surface area contributed by atoms with Crippen LogP contribution in [-0.4, -0.2) is 23.4 Å². The molecule has 1 aliphatic carbocycles. The molecule has 0 aliphatic heterocycles. The number of hydrogen-bond donors (Lipinski definition) is 0. The summed E-state index contributed by atoms with van der Waals surface area (Å²) in [6, 6.07) is 3.84. The van der Waals surface area contributed by atoms with E-state index in [2.05, 4.69) is 15.9 Å². The zero-order chi connectivity index (χ0) is 11.8. The van der Waals surface area contributed by atoms with Crippen LogP contribution >= 0.6 is 15.9 Å². The van der Waals surface area contributed by atoms with E-state index in [0.717, 1.165) is 18.6 Å². The fourth-order valence-corrected chi connectivity index (χ4v) is 3.51. The summed E-state index contributed by atoms with van der Waals surface area (Å²) in [5, 5.41) is 0. The minimum Gasteiger partial charge on any atom is -0.465 e. The van der Waals surface area contributed by atoms with Crippen LogP contribution < -0.4 is 0 Å². The van der Waals surface area contributed by atoms with E-state index in [9.17, 15) is 8.42 Å². The first-order valence-corrected chi connectivity index (χ1v) is 7.87. The highest BCUT2D eigenvalue weighted by Crippen LogP contribution is 2.31. The van der Waals surface area contributed by atoms with Crippen LogP contribution in [0.25, 0.3) is 0 Å². The van der Waals surface area contributed by atoms with Gasteiger partial charge in [0.1, 0.15) is 16.2 Å². The minimum atomic E-state index is -3.20. The number of sulfonamides is 1. The van der Waals surface area contributed by atoms with Crippen molar-refractivity contribution < 1.29 is 12.8 Å². The molecule has 0 radical (unpaired) electrons. The van der Waals surface area contributed by atoms with Crippen LogP contribution in [0.3, 0.4) is 0 Å². The summed E-state index contributed by atoms with van der Waals surface area (Å²) in [7, 11) is -3.20. The molecule has 0 bridgehead atoms. The largest absolute Gasteiger partial charge is 0.465 e. The minimum absolute atomic E-state index is 0.0316. The predicted molar refractivity (Wildman–Crippen MR) is 64.7 cm³/mol. The first kappa shape index (κ1) is 12.1. The van der Waals surface area contributed by atoms with E-state index in [1.807, 2.05) is 19.1 Å². The molecule has 90 valence electrons. The van der Waals surface area contributed by atoms with Crippen molar-refractivity contribution in [1.82, 2.24) is 4.31 Å². The Labute approximate surface area is 104 Å². The average molecular weight is 308 g/mol. The van der Waals surface area contributed by atoms with Crippen LogP contribution in [0.1, 0.15) is 24.4 Å². The molecular formula is C10H14BrNO3S. The molecule has 0 amide bonds. The van der Waals surface area contributed by atoms with Gasteiger partial charge in [0.25, 0.3) is 0 Å². The average Bonchev–Trinajstić information content (AvgIpc) is 2.99. The van der Waals surface area contributed by atoms with Gasteiger partial charge in [-0.2, -0.15) is 4.31 Å². The molecule has 1 aromatic heterocycles. The lowest BCUT2D eigenvalue weighted by Crippen LogP contribution is -2.33. The van der Waals surface area contributed by atoms with Gasteiger partial charge in [0.2, 0.25) is 10.0 Å². The van der Waals surface area contributed by atoms with E-state index < -0.39 is 10.0 Å². The molecule has 0 aromatic carbocycles. The predicted octanol–water partition coefficient (Wildman–Crippen LogP) is 2.23. The van der Waals surface area contributed by atoms with Gasteiger partial charge in [-0.15, -0.1) is 0 Å². The van der Waals surface area contributed by atoms with Gasteiger partial charge in [-0.25, -0.2) is 8.42 Å². The van der Waals surface area contributed by atoms with Gasteiger partial charge in [0.05, 0.1) is 6.54 Å². The van der Waals surface area contributed by atoms with Crippen molar-refractivity contribution in [3.63, 3.8) is 0 Å². The normalized spacial score (nSPS) is 16.9. The molecule has 1 aliphatic rings. The third kappa shape index (κ3) is 2.67. The number of hydrogen-bond acceptors (Lipinski definition) is 3. The summed E-state index contributed by atoms with van der Waals surface area (Å²) in [5.74, 6) is 1.51. The molecule has 1 heterocycles. The lowest BCUT2D eigenvalue weighted by atomic mass is 10.4. The van der Waals surface area contributed by atoms with E-state index in [-0.39, 0.29) is 10.7 Å². The van der Waals surface area contributed by atoms with Gasteiger partial charge in [0.15, 0.2) is 0 Å². The van der Waals surface area contributed by atoms with Crippen molar-refractivity contribution in [2.24, 2.45) is 0 Å². The molecule has 4 nitrogen and oxygen atoms in total. The van der Waals surface area contributed by atoms with Gasteiger partial charge in [-0.1, -0.05) is 15.9 Å². The number of rotatable bonds is 5. The smallest absolute Gasteiger partial charge is 0.224 e. The molecule has 1 saturated carbocycles. The Hall–Kier alpha value is -0.330. The second kappa shape index (κ2) is 4.50. The maximum atomic E-state index is 11.8. The van der Waals surface area contributed by atoms with Crippen LogP contribution in [0.15, 0.2) is 16.5 Å². The SMILES string of the molecule is Cc1ccc(CN(C2CC2)S(=O)(=O)CBr)o1. The van der Waals surface area contributed by atoms with Crippen LogP contribution in [0.5, 0.6) is 0 Å². The fourth-order valence-electron chi connectivity index (χ4n) is 1.60. The van der Waals surface area contributed by atoms with Gasteiger partial charge in [-0.05, 0) is 31.9 Å². The summed E-state index contributed by atoms with van der Waals surface area (Å²) in [6.07, 6.45) is 1.90. The molecule has 0 atom stereocenters. The van der Waals surface area contributed by atoms with Crippen molar-refractivity contribution in [1.29, 1.82) is 0 Å². The maximum absolute atomic E-state index is 11.8. The monoisotopic (exact) mass is 307 g/mol. The summed E-state index contributed by atoms with van der Waals surface area (Å²) in [5.41, 5.74) is 0. The Kier molecular flexibility index (Phi) is 3.42. The Balaban J connectivity index is 2.15. The van der Waals surface area contributed by atoms with Crippen LogP contribution in [0.4, 0.5) is 0 Å². The molecule has 6 heteroatoms. The van der Waals surface area contributed by atoms with Crippen molar-refractivity contribution in [3.8, 4) is 0 Å². The zero-order valence-corrected chi connectivity index (χ0v) is 11.4. The second-order valence-electron chi connectivity index (χ2n) is 4.01. The topological polar surface area (TPSA) is 50.5 Å². The number of halogens is 1. The van der Waals surface area contributed by atoms with E-state index >= 15 is 0 Å². The van der Waals surface area contributed by atoms with Crippen LogP contribution in [0, 0.1) is 6.92 Å². The fraction of sp³-hybridized carbons (Fsp3) is 0.600. The lowest BCUT2D eigenvalue weighted by molar-refractivity contribution is 0.353. The van der Waals surface area contributed by atoms with E-state index in [0.29, 0.717) is 12.3 Å². The standard InChI is InChI=1S/C10H14BrNO3S/c1-8-2-5-10(15-8)6-12(9-3-4-9)16(13,14)7-11/h2,5,9H,3-4,6-7H2,1H3. The van der Waals surface area contributed by atoms with Crippen molar-refractivity contribution in [2.45, 2.75) is 32.4 Å². The number of nitrogens with zero attached hydrogens (tertiary/aromatic N) is 1. The van der Waals surface area contributed by atoms with E-state index in [1.54, 1.807) is 0 Å². The highest BCUT2D eigenvalue weighted by Gasteiger charge is 2.37. The van der Waals surface area contributed by atoms with Crippen molar-refractivity contribution in [2.75, 3.05) is 4.66 Å². The summed E-state index contributed by atoms with van der Waals surface area (Å²) in [4.78, 5) is 0. The number of alkyl halides is 1. The van der Waals surface area contributed by atoms with E-state index in [1.165, 1.54) is 4.31 Å². The number of aryl methyl sites for hydroxylation is 1. The molecule has 0 N–H and O–H groups in total. The molecule has 1 aromatic rings. The molecule has 0 spiro atoms. The second-order valence-corrected chi connectivity index (χ2v) is 7.23. The maximum Gasteiger partial charge on any atom is 0.224 e. The summed E-state index contributed by atoms with van der Waals surface area (Å²) in [6.45, 7) is 2.19. The molecular weight excluding hydrogens is 294 g/mol. The first-order chi connectivity index (χ1) is 7.53. The highest BCUT2D eigenvalue weighted by atomic mass is 79.9. The zero-order valence-electron chi connectivity index (χ0n) is 9.02. The van der Waals surface area contributed by atoms with Crippen LogP contribution in [-0.2, 0) is 16.6 Å². The summed E-state index contributed by atoms with van der Waals surface area (Å²) < 4.78 is 30.6. The molecule has 0 unspecified atom stereocenters. The van der Waals surface area contributed by atoms with Gasteiger partial charge >= 0.3 is 0 Å². The van der Waals surface area contributed by atoms with Crippen LogP contribution in [0.2, 0.25) is 0 Å². The number of furan rings is 1. The highest BCUT2D eigenvalue weighted by molar-refractivity contribution is 9.10. The van der Waals surface area contributed by atoms with Gasteiger partial charge in [-0.3, -0.25) is 0 Å². The first-order valence-electron chi connectivity index (χ1n) is 5.14. The van der Waals surface area contributed by atoms with Crippen molar-refractivity contribution in [3.05, 3.63) is 23.7 Å². The Bertz CT molecular complexity index is 464. The molecule has 0 saturated heterocycles. The van der Waals surface area contributed by atoms with Gasteiger partial charge in [0, 0.05) is 6.04 Å². The molecule has 1 fully saturated rings. The quantitative estimate of drug-likeness (QED) is 0.784. The molecule has 16 heavy (non-hydrogen) atoms. The van der Waals surface area contributed by atoms with Crippen molar-refractivity contribution >= 4 is 26.0 Å². The third-order valence-electron chi connectivity index (χ3n) is 2.56. The Morgan fingerprint density at radius 3 is 2.62 bits per heavy atom. The molecule has 2 rings (SSSR count). The summed E-state index contributed by atoms with van der Waals surface area (Å²) >= 11 is 3.03. The van der Waals surface area contributed by atoms with E-state index in [4.69, 9.17) is 4.42 Å². The van der Waals surface area contributed by atoms with Gasteiger partial charge < -0.3 is 4.42 Å². The lowest BCUT2D eigenvalue weighted by Gasteiger charge is -2.19.